The molecule has 18 heavy (non-hydrogen) atoms. The van der Waals surface area contributed by atoms with E-state index >= 15 is 0 Å². The van der Waals surface area contributed by atoms with E-state index in [-0.39, 0.29) is 23.9 Å². The molecular formula is C13H16ClFN2O. The van der Waals surface area contributed by atoms with E-state index in [1.165, 1.54) is 12.1 Å². The zero-order chi connectivity index (χ0) is 13.0. The van der Waals surface area contributed by atoms with Gasteiger partial charge in [-0.15, -0.1) is 0 Å². The zero-order valence-electron chi connectivity index (χ0n) is 10.0. The Morgan fingerprint density at radius 1 is 1.44 bits per heavy atom. The first-order chi connectivity index (χ1) is 8.66. The monoisotopic (exact) mass is 270 g/mol. The number of piperidine rings is 1. The first-order valence-electron chi connectivity index (χ1n) is 6.10. The molecule has 2 N–H and O–H groups in total. The summed E-state index contributed by atoms with van der Waals surface area (Å²) in [5.74, 6) is -0.600. The van der Waals surface area contributed by atoms with Gasteiger partial charge in [0.25, 0.3) is 0 Å². The number of amides is 1. The molecule has 0 aromatic heterocycles. The van der Waals surface area contributed by atoms with Gasteiger partial charge in [0.2, 0.25) is 5.91 Å². The average molecular weight is 271 g/mol. The number of hydrogen-bond acceptors (Lipinski definition) is 2. The van der Waals surface area contributed by atoms with Crippen LogP contribution in [-0.2, 0) is 11.2 Å². The van der Waals surface area contributed by atoms with Gasteiger partial charge in [-0.3, -0.25) is 4.79 Å². The van der Waals surface area contributed by atoms with E-state index in [1.54, 1.807) is 6.07 Å². The van der Waals surface area contributed by atoms with Crippen LogP contribution in [0.5, 0.6) is 0 Å². The van der Waals surface area contributed by atoms with Crippen LogP contribution in [0.4, 0.5) is 4.39 Å². The van der Waals surface area contributed by atoms with E-state index in [0.29, 0.717) is 5.02 Å². The Kier molecular flexibility index (Phi) is 4.55. The van der Waals surface area contributed by atoms with Gasteiger partial charge in [0, 0.05) is 16.6 Å². The first kappa shape index (κ1) is 13.3. The molecule has 1 heterocycles. The molecule has 1 aliphatic rings. The van der Waals surface area contributed by atoms with E-state index in [1.807, 2.05) is 0 Å². The summed E-state index contributed by atoms with van der Waals surface area (Å²) in [6, 6.07) is 4.63. The van der Waals surface area contributed by atoms with Gasteiger partial charge in [-0.05, 0) is 38.1 Å². The Bertz CT molecular complexity index is 413. The molecule has 2 rings (SSSR count). The Morgan fingerprint density at radius 3 is 2.83 bits per heavy atom. The van der Waals surface area contributed by atoms with Gasteiger partial charge >= 0.3 is 0 Å². The summed E-state index contributed by atoms with van der Waals surface area (Å²) >= 11 is 5.89. The minimum absolute atomic E-state index is 0.00453. The molecule has 1 amide bonds. The predicted octanol–water partition coefficient (Wildman–Crippen LogP) is 1.89. The molecule has 0 spiro atoms. The lowest BCUT2D eigenvalue weighted by atomic mass is 10.1. The molecule has 1 aliphatic heterocycles. The van der Waals surface area contributed by atoms with Gasteiger partial charge in [0.05, 0.1) is 6.42 Å². The highest BCUT2D eigenvalue weighted by Gasteiger charge is 2.17. The fourth-order valence-corrected chi connectivity index (χ4v) is 2.34. The van der Waals surface area contributed by atoms with Gasteiger partial charge in [-0.25, -0.2) is 4.39 Å². The second-order valence-electron chi connectivity index (χ2n) is 4.47. The standard InChI is InChI=1S/C13H16ClFN2O/c14-11-2-1-3-12(15)10(11)8-13(18)17-9-4-6-16-7-5-9/h1-3,9,16H,4-8H2,(H,17,18). The zero-order valence-corrected chi connectivity index (χ0v) is 10.8. The van der Waals surface area contributed by atoms with Crippen molar-refractivity contribution in [3.8, 4) is 0 Å². The molecule has 0 bridgehead atoms. The fourth-order valence-electron chi connectivity index (χ4n) is 2.11. The van der Waals surface area contributed by atoms with Crippen LogP contribution in [0.25, 0.3) is 0 Å². The Hall–Kier alpha value is -1.13. The first-order valence-corrected chi connectivity index (χ1v) is 6.47. The summed E-state index contributed by atoms with van der Waals surface area (Å²) < 4.78 is 13.5. The molecule has 0 saturated carbocycles. The Balaban J connectivity index is 1.94. The fraction of sp³-hybridized carbons (Fsp3) is 0.462. The molecule has 0 radical (unpaired) electrons. The lowest BCUT2D eigenvalue weighted by molar-refractivity contribution is -0.121. The number of carbonyl (C=O) groups excluding carboxylic acids is 1. The minimum atomic E-state index is -0.428. The maximum Gasteiger partial charge on any atom is 0.224 e. The number of rotatable bonds is 3. The summed E-state index contributed by atoms with van der Waals surface area (Å²) in [4.78, 5) is 11.8. The van der Waals surface area contributed by atoms with Crippen molar-refractivity contribution in [2.24, 2.45) is 0 Å². The number of benzene rings is 1. The van der Waals surface area contributed by atoms with Crippen molar-refractivity contribution in [2.75, 3.05) is 13.1 Å². The van der Waals surface area contributed by atoms with Crippen molar-refractivity contribution in [3.05, 3.63) is 34.6 Å². The molecule has 3 nitrogen and oxygen atoms in total. The molecule has 1 saturated heterocycles. The van der Waals surface area contributed by atoms with Crippen LogP contribution in [0, 0.1) is 5.82 Å². The summed E-state index contributed by atoms with van der Waals surface area (Å²) in [5, 5.41) is 6.44. The largest absolute Gasteiger partial charge is 0.353 e. The van der Waals surface area contributed by atoms with Crippen LogP contribution in [0.2, 0.25) is 5.02 Å². The quantitative estimate of drug-likeness (QED) is 0.881. The maximum atomic E-state index is 13.5. The van der Waals surface area contributed by atoms with Crippen LogP contribution in [0.1, 0.15) is 18.4 Å². The third kappa shape index (κ3) is 3.43. The normalized spacial score (nSPS) is 16.6. The smallest absolute Gasteiger partial charge is 0.224 e. The van der Waals surface area contributed by atoms with E-state index in [9.17, 15) is 9.18 Å². The SMILES string of the molecule is O=C(Cc1c(F)cccc1Cl)NC1CCNCC1. The number of hydrogen-bond donors (Lipinski definition) is 2. The van der Waals surface area contributed by atoms with E-state index in [4.69, 9.17) is 11.6 Å². The highest BCUT2D eigenvalue weighted by molar-refractivity contribution is 6.31. The van der Waals surface area contributed by atoms with Crippen LogP contribution >= 0.6 is 11.6 Å². The summed E-state index contributed by atoms with van der Waals surface area (Å²) in [6.45, 7) is 1.82. The second-order valence-corrected chi connectivity index (χ2v) is 4.88. The highest BCUT2D eigenvalue weighted by Crippen LogP contribution is 2.19. The molecule has 1 fully saturated rings. The molecular weight excluding hydrogens is 255 g/mol. The van der Waals surface area contributed by atoms with Gasteiger partial charge in [0.15, 0.2) is 0 Å². The number of carbonyl (C=O) groups is 1. The third-order valence-electron chi connectivity index (χ3n) is 3.10. The van der Waals surface area contributed by atoms with Crippen LogP contribution in [0.15, 0.2) is 18.2 Å². The summed E-state index contributed by atoms with van der Waals surface area (Å²) in [6.07, 6.45) is 1.82. The van der Waals surface area contributed by atoms with E-state index < -0.39 is 5.82 Å². The second kappa shape index (κ2) is 6.16. The molecule has 0 unspecified atom stereocenters. The van der Waals surface area contributed by atoms with Crippen LogP contribution < -0.4 is 10.6 Å². The Labute approximate surface area is 111 Å². The van der Waals surface area contributed by atoms with Gasteiger partial charge in [-0.2, -0.15) is 0 Å². The van der Waals surface area contributed by atoms with Gasteiger partial charge in [0.1, 0.15) is 5.82 Å². The van der Waals surface area contributed by atoms with Crippen molar-refractivity contribution >= 4 is 17.5 Å². The molecule has 1 aromatic rings. The van der Waals surface area contributed by atoms with E-state index in [2.05, 4.69) is 10.6 Å². The van der Waals surface area contributed by atoms with Crippen molar-refractivity contribution in [3.63, 3.8) is 0 Å². The number of nitrogens with one attached hydrogen (secondary N) is 2. The lowest BCUT2D eigenvalue weighted by Crippen LogP contribution is -2.43. The topological polar surface area (TPSA) is 41.1 Å². The lowest BCUT2D eigenvalue weighted by Gasteiger charge is -2.23. The van der Waals surface area contributed by atoms with Crippen molar-refractivity contribution in [2.45, 2.75) is 25.3 Å². The molecule has 5 heteroatoms. The van der Waals surface area contributed by atoms with Crippen molar-refractivity contribution < 1.29 is 9.18 Å². The minimum Gasteiger partial charge on any atom is -0.353 e. The molecule has 0 atom stereocenters. The van der Waals surface area contributed by atoms with Crippen molar-refractivity contribution in [1.82, 2.24) is 10.6 Å². The third-order valence-corrected chi connectivity index (χ3v) is 3.46. The molecule has 0 aliphatic carbocycles. The van der Waals surface area contributed by atoms with Gasteiger partial charge < -0.3 is 10.6 Å². The van der Waals surface area contributed by atoms with E-state index in [0.717, 1.165) is 25.9 Å². The Morgan fingerprint density at radius 2 is 2.17 bits per heavy atom. The maximum absolute atomic E-state index is 13.5. The molecule has 98 valence electrons. The number of halogens is 2. The average Bonchev–Trinajstić information content (AvgIpc) is 2.35. The molecule has 1 aromatic carbocycles. The van der Waals surface area contributed by atoms with Gasteiger partial charge in [-0.1, -0.05) is 17.7 Å². The predicted molar refractivity (Wildman–Crippen MR) is 69.1 cm³/mol. The van der Waals surface area contributed by atoms with Crippen LogP contribution in [0.3, 0.4) is 0 Å². The highest BCUT2D eigenvalue weighted by atomic mass is 35.5. The summed E-state index contributed by atoms with van der Waals surface area (Å²) in [5.41, 5.74) is 0.269. The summed E-state index contributed by atoms with van der Waals surface area (Å²) in [7, 11) is 0. The van der Waals surface area contributed by atoms with Crippen LogP contribution in [-0.4, -0.2) is 25.0 Å². The van der Waals surface area contributed by atoms with Crippen molar-refractivity contribution in [1.29, 1.82) is 0 Å².